The third kappa shape index (κ3) is 2.59. The number of benzene rings is 1. The zero-order chi connectivity index (χ0) is 12.6. The lowest BCUT2D eigenvalue weighted by Crippen LogP contribution is -2.12. The first-order chi connectivity index (χ1) is 8.66. The fourth-order valence-corrected chi connectivity index (χ4v) is 3.13. The van der Waals surface area contributed by atoms with Gasteiger partial charge in [-0.3, -0.25) is 0 Å². The summed E-state index contributed by atoms with van der Waals surface area (Å²) in [6, 6.07) is 5.59. The number of halogens is 1. The van der Waals surface area contributed by atoms with Crippen LogP contribution in [0.5, 0.6) is 0 Å². The van der Waals surface area contributed by atoms with Crippen molar-refractivity contribution in [3.8, 4) is 0 Å². The van der Waals surface area contributed by atoms with Crippen molar-refractivity contribution in [2.45, 2.75) is 62.9 Å². The Hall–Kier alpha value is -0.890. The van der Waals surface area contributed by atoms with Gasteiger partial charge in [-0.15, -0.1) is 0 Å². The zero-order valence-electron chi connectivity index (χ0n) is 10.8. The van der Waals surface area contributed by atoms with Crippen LogP contribution in [-0.2, 0) is 6.42 Å². The molecule has 2 aliphatic rings. The maximum absolute atomic E-state index is 14.1. The molecule has 18 heavy (non-hydrogen) atoms. The van der Waals surface area contributed by atoms with E-state index in [0.29, 0.717) is 12.3 Å². The molecule has 2 saturated carbocycles. The Labute approximate surface area is 108 Å². The average molecular weight is 248 g/mol. The molecule has 0 radical (unpaired) electrons. The van der Waals surface area contributed by atoms with Crippen LogP contribution in [-0.4, -0.2) is 10.7 Å². The molecule has 98 valence electrons. The van der Waals surface area contributed by atoms with Gasteiger partial charge in [0.1, 0.15) is 5.82 Å². The minimum Gasteiger partial charge on any atom is -0.390 e. The Morgan fingerprint density at radius 3 is 2.50 bits per heavy atom. The largest absolute Gasteiger partial charge is 0.390 e. The molecule has 2 heteroatoms. The first-order valence-corrected chi connectivity index (χ1v) is 7.17. The van der Waals surface area contributed by atoms with Crippen LogP contribution in [0, 0.1) is 5.82 Å². The summed E-state index contributed by atoms with van der Waals surface area (Å²) in [6.45, 7) is 0. The quantitative estimate of drug-likeness (QED) is 0.859. The SMILES string of the molecule is OC1(Cc2ccc(C3CCCCC3)c(F)c2)CC1. The fraction of sp³-hybridized carbons (Fsp3) is 0.625. The maximum atomic E-state index is 14.1. The van der Waals surface area contributed by atoms with Crippen molar-refractivity contribution in [3.63, 3.8) is 0 Å². The standard InChI is InChI=1S/C16H21FO/c17-15-10-12(11-16(18)8-9-16)6-7-14(15)13-4-2-1-3-5-13/h6-7,10,13,18H,1-5,8-9,11H2. The van der Waals surface area contributed by atoms with Gasteiger partial charge in [-0.2, -0.15) is 0 Å². The molecule has 0 unspecified atom stereocenters. The molecule has 1 aromatic rings. The van der Waals surface area contributed by atoms with Gasteiger partial charge in [0.05, 0.1) is 5.60 Å². The van der Waals surface area contributed by atoms with E-state index >= 15 is 0 Å². The number of hydrogen-bond acceptors (Lipinski definition) is 1. The molecule has 0 bridgehead atoms. The van der Waals surface area contributed by atoms with Crippen LogP contribution < -0.4 is 0 Å². The van der Waals surface area contributed by atoms with Gasteiger partial charge in [0.15, 0.2) is 0 Å². The third-order valence-corrected chi connectivity index (χ3v) is 4.47. The molecule has 0 spiro atoms. The number of hydrogen-bond donors (Lipinski definition) is 1. The summed E-state index contributed by atoms with van der Waals surface area (Å²) in [5.74, 6) is 0.348. The van der Waals surface area contributed by atoms with E-state index in [2.05, 4.69) is 0 Å². The van der Waals surface area contributed by atoms with E-state index < -0.39 is 5.60 Å². The summed E-state index contributed by atoms with van der Waals surface area (Å²) < 4.78 is 14.1. The maximum Gasteiger partial charge on any atom is 0.126 e. The van der Waals surface area contributed by atoms with Gasteiger partial charge in [0.2, 0.25) is 0 Å². The van der Waals surface area contributed by atoms with E-state index in [4.69, 9.17) is 0 Å². The van der Waals surface area contributed by atoms with Crippen LogP contribution in [0.4, 0.5) is 4.39 Å². The molecule has 0 saturated heterocycles. The summed E-state index contributed by atoms with van der Waals surface area (Å²) in [4.78, 5) is 0. The smallest absolute Gasteiger partial charge is 0.126 e. The molecule has 1 nitrogen and oxygen atoms in total. The lowest BCUT2D eigenvalue weighted by molar-refractivity contribution is 0.151. The summed E-state index contributed by atoms with van der Waals surface area (Å²) >= 11 is 0. The molecule has 0 aromatic heterocycles. The Balaban J connectivity index is 1.75. The molecule has 3 rings (SSSR count). The normalized spacial score (nSPS) is 23.0. The van der Waals surface area contributed by atoms with E-state index in [1.165, 1.54) is 19.3 Å². The van der Waals surface area contributed by atoms with Crippen molar-refractivity contribution >= 4 is 0 Å². The summed E-state index contributed by atoms with van der Waals surface area (Å²) in [5, 5.41) is 9.87. The van der Waals surface area contributed by atoms with Crippen LogP contribution in [0.3, 0.4) is 0 Å². The second kappa shape index (κ2) is 4.65. The van der Waals surface area contributed by atoms with E-state index in [9.17, 15) is 9.50 Å². The zero-order valence-corrected chi connectivity index (χ0v) is 10.8. The summed E-state index contributed by atoms with van der Waals surface area (Å²) in [5.41, 5.74) is 1.30. The average Bonchev–Trinajstić information content (AvgIpc) is 3.08. The topological polar surface area (TPSA) is 20.2 Å². The predicted molar refractivity (Wildman–Crippen MR) is 70.1 cm³/mol. The molecule has 1 aromatic carbocycles. The molecular weight excluding hydrogens is 227 g/mol. The molecule has 2 aliphatic carbocycles. The van der Waals surface area contributed by atoms with Crippen molar-refractivity contribution in [2.24, 2.45) is 0 Å². The first kappa shape index (κ1) is 12.2. The Morgan fingerprint density at radius 2 is 1.89 bits per heavy atom. The molecular formula is C16H21FO. The van der Waals surface area contributed by atoms with E-state index in [1.807, 2.05) is 12.1 Å². The lowest BCUT2D eigenvalue weighted by Gasteiger charge is -2.22. The highest BCUT2D eigenvalue weighted by atomic mass is 19.1. The second-order valence-corrected chi connectivity index (χ2v) is 6.09. The molecule has 2 fully saturated rings. The second-order valence-electron chi connectivity index (χ2n) is 6.09. The van der Waals surface area contributed by atoms with Gasteiger partial charge < -0.3 is 5.11 Å². The molecule has 1 N–H and O–H groups in total. The lowest BCUT2D eigenvalue weighted by atomic mass is 9.83. The molecule has 0 heterocycles. The summed E-state index contributed by atoms with van der Waals surface area (Å²) in [6.07, 6.45) is 8.33. The van der Waals surface area contributed by atoms with Crippen molar-refractivity contribution in [1.29, 1.82) is 0 Å². The van der Waals surface area contributed by atoms with Crippen molar-refractivity contribution in [1.82, 2.24) is 0 Å². The Morgan fingerprint density at radius 1 is 1.17 bits per heavy atom. The van der Waals surface area contributed by atoms with Crippen molar-refractivity contribution in [3.05, 3.63) is 35.1 Å². The van der Waals surface area contributed by atoms with Crippen LogP contribution in [0.15, 0.2) is 18.2 Å². The van der Waals surface area contributed by atoms with E-state index in [-0.39, 0.29) is 5.82 Å². The minimum absolute atomic E-state index is 0.0661. The van der Waals surface area contributed by atoms with Gasteiger partial charge in [-0.1, -0.05) is 31.4 Å². The molecule has 0 amide bonds. The Kier molecular flexibility index (Phi) is 3.14. The highest BCUT2D eigenvalue weighted by Gasteiger charge is 2.40. The predicted octanol–water partition coefficient (Wildman–Crippen LogP) is 3.94. The summed E-state index contributed by atoms with van der Waals surface area (Å²) in [7, 11) is 0. The monoisotopic (exact) mass is 248 g/mol. The van der Waals surface area contributed by atoms with Gasteiger partial charge in [0.25, 0.3) is 0 Å². The van der Waals surface area contributed by atoms with Gasteiger partial charge in [-0.25, -0.2) is 4.39 Å². The highest BCUT2D eigenvalue weighted by molar-refractivity contribution is 5.29. The number of rotatable bonds is 3. The Bertz CT molecular complexity index is 431. The van der Waals surface area contributed by atoms with Gasteiger partial charge >= 0.3 is 0 Å². The first-order valence-electron chi connectivity index (χ1n) is 7.17. The van der Waals surface area contributed by atoms with Gasteiger partial charge in [0, 0.05) is 6.42 Å². The van der Waals surface area contributed by atoms with Gasteiger partial charge in [-0.05, 0) is 48.8 Å². The minimum atomic E-state index is -0.529. The third-order valence-electron chi connectivity index (χ3n) is 4.47. The van der Waals surface area contributed by atoms with Crippen LogP contribution in [0.25, 0.3) is 0 Å². The fourth-order valence-electron chi connectivity index (χ4n) is 3.13. The highest BCUT2D eigenvalue weighted by Crippen LogP contribution is 2.39. The number of aliphatic hydroxyl groups is 1. The van der Waals surface area contributed by atoms with E-state index in [0.717, 1.165) is 36.8 Å². The van der Waals surface area contributed by atoms with Crippen LogP contribution in [0.2, 0.25) is 0 Å². The van der Waals surface area contributed by atoms with E-state index in [1.54, 1.807) is 6.07 Å². The van der Waals surface area contributed by atoms with Crippen molar-refractivity contribution in [2.75, 3.05) is 0 Å². The molecule has 0 aliphatic heterocycles. The van der Waals surface area contributed by atoms with Crippen molar-refractivity contribution < 1.29 is 9.50 Å². The molecule has 0 atom stereocenters. The van der Waals surface area contributed by atoms with Crippen LogP contribution in [0.1, 0.15) is 62.0 Å². The van der Waals surface area contributed by atoms with Crippen LogP contribution >= 0.6 is 0 Å².